The van der Waals surface area contributed by atoms with Crippen molar-refractivity contribution in [1.29, 1.82) is 0 Å². The van der Waals surface area contributed by atoms with Crippen LogP contribution in [0.2, 0.25) is 0 Å². The molecule has 0 unspecified atom stereocenters. The molecule has 8 bridgehead atoms. The number of carbonyl (C=O) groups is 4. The van der Waals surface area contributed by atoms with E-state index in [-0.39, 0.29) is 75.1 Å². The van der Waals surface area contributed by atoms with Gasteiger partial charge < -0.3 is 66.8 Å². The van der Waals surface area contributed by atoms with Crippen LogP contribution in [0.15, 0.2) is 72.8 Å². The van der Waals surface area contributed by atoms with Crippen molar-refractivity contribution in [3.8, 4) is 91.5 Å². The van der Waals surface area contributed by atoms with E-state index < -0.39 is 252 Å². The van der Waals surface area contributed by atoms with Crippen molar-refractivity contribution < 1.29 is 129 Å². The predicted molar refractivity (Wildman–Crippen MR) is 369 cm³/mol. The number of nitrogens with one attached hydrogen (secondary N) is 2. The van der Waals surface area contributed by atoms with E-state index in [0.29, 0.717) is 0 Å². The number of aryl methyl sites for hydroxylation is 4. The van der Waals surface area contributed by atoms with Gasteiger partial charge in [-0.25, -0.2) is 84.2 Å². The molecule has 0 amide bonds. The van der Waals surface area contributed by atoms with Crippen LogP contribution in [0, 0.1) is 97.5 Å². The van der Waals surface area contributed by atoms with E-state index in [0.717, 1.165) is 24.3 Å². The second-order valence-electron chi connectivity index (χ2n) is 24.4. The van der Waals surface area contributed by atoms with Gasteiger partial charge in [0.2, 0.25) is 46.3 Å². The highest BCUT2D eigenvalue weighted by atomic mass is 19.2. The number of hydrogen-bond acceptors (Lipinski definition) is 22. The normalized spacial score (nSPS) is 11.6. The first-order valence-electron chi connectivity index (χ1n) is 33.1. The van der Waals surface area contributed by atoms with E-state index in [2.05, 4.69) is 39.9 Å². The summed E-state index contributed by atoms with van der Waals surface area (Å²) in [6, 6.07) is 14.8. The number of esters is 4. The van der Waals surface area contributed by atoms with E-state index in [9.17, 15) is 19.2 Å². The van der Waals surface area contributed by atoms with Gasteiger partial charge in [-0.3, -0.25) is 0 Å². The third kappa shape index (κ3) is 13.8. The smallest absolute Gasteiger partial charge is 0.342 e. The Morgan fingerprint density at radius 3 is 0.750 bits per heavy atom. The first-order chi connectivity index (χ1) is 53.7. The molecule has 0 saturated carbocycles. The van der Waals surface area contributed by atoms with Crippen LogP contribution >= 0.6 is 0 Å². The summed E-state index contributed by atoms with van der Waals surface area (Å²) in [7, 11) is 5.15. The monoisotopic (exact) mass is 1560 g/mol. The van der Waals surface area contributed by atoms with Gasteiger partial charge in [-0.2, -0.15) is 17.6 Å². The Morgan fingerprint density at radius 2 is 0.500 bits per heavy atom. The van der Waals surface area contributed by atoms with Gasteiger partial charge in [0.25, 0.3) is 0 Å². The van der Waals surface area contributed by atoms with Crippen molar-refractivity contribution in [1.82, 2.24) is 39.9 Å². The molecule has 0 aliphatic carbocycles. The van der Waals surface area contributed by atoms with Gasteiger partial charge >= 0.3 is 23.9 Å². The van der Waals surface area contributed by atoms with Gasteiger partial charge in [-0.05, 0) is 74.2 Å². The quantitative estimate of drug-likeness (QED) is 0.0187. The number of H-pyrrole nitrogens is 2. The molecule has 13 rings (SSSR count). The highest BCUT2D eigenvalue weighted by molar-refractivity contribution is 6.09. The highest BCUT2D eigenvalue weighted by Crippen LogP contribution is 2.51. The second-order valence-corrected chi connectivity index (χ2v) is 24.4. The first-order valence-corrected chi connectivity index (χ1v) is 33.1. The zero-order valence-corrected chi connectivity index (χ0v) is 59.3. The minimum Gasteiger partial charge on any atom is -0.460 e. The van der Waals surface area contributed by atoms with E-state index >= 15 is 52.7 Å². The Hall–Kier alpha value is -12.8. The van der Waals surface area contributed by atoms with E-state index in [1.165, 1.54) is 105 Å². The maximum absolute atomic E-state index is 18.3. The zero-order chi connectivity index (χ0) is 80.0. The Kier molecular flexibility index (Phi) is 21.9. The van der Waals surface area contributed by atoms with E-state index in [4.69, 9.17) is 56.8 Å². The van der Waals surface area contributed by atoms with Crippen molar-refractivity contribution in [3.05, 3.63) is 187 Å². The molecule has 578 valence electrons. The Labute approximate surface area is 622 Å². The molecule has 11 aromatic rings. The summed E-state index contributed by atoms with van der Waals surface area (Å²) in [5.41, 5.74) is -12.8. The lowest BCUT2D eigenvalue weighted by Crippen LogP contribution is -2.12. The maximum atomic E-state index is 18.3. The van der Waals surface area contributed by atoms with Gasteiger partial charge in [0.1, 0.15) is 94.3 Å². The van der Waals surface area contributed by atoms with Crippen LogP contribution in [-0.2, 0) is 37.9 Å². The molecule has 5 heterocycles. The summed E-state index contributed by atoms with van der Waals surface area (Å²) in [5, 5.41) is -5.49. The molecule has 0 fully saturated rings. The summed E-state index contributed by atoms with van der Waals surface area (Å²) >= 11 is 0. The third-order valence-corrected chi connectivity index (χ3v) is 17.4. The predicted octanol–water partition coefficient (Wildman–Crippen LogP) is 16.2. The number of carbonyl (C=O) groups excluding carboxylic acids is 4. The fraction of sp³-hybridized carbons (Fsp3) is 0.211. The molecule has 8 aromatic carbocycles. The number of nitrogens with zero attached hydrogens (tertiary/aromatic N) is 6. The average molecular weight is 1560 g/mol. The molecule has 0 atom stereocenters. The van der Waals surface area contributed by atoms with Gasteiger partial charge in [0.05, 0.1) is 70.2 Å². The molecule has 36 heteroatoms. The van der Waals surface area contributed by atoms with Crippen molar-refractivity contribution >= 4 is 68.0 Å². The zero-order valence-electron chi connectivity index (χ0n) is 59.3. The topological polar surface area (TPSA) is 288 Å². The van der Waals surface area contributed by atoms with Gasteiger partial charge in [-0.15, -0.1) is 0 Å². The van der Waals surface area contributed by atoms with Crippen LogP contribution in [-0.4, -0.2) is 145 Å². The Bertz CT molecular complexity index is 5610. The molecule has 0 spiro atoms. The number of fused-ring (bicyclic) bond motifs is 20. The molecular formula is C76H54F12N8O16. The van der Waals surface area contributed by atoms with Crippen molar-refractivity contribution in [2.75, 3.05) is 81.3 Å². The van der Waals surface area contributed by atoms with Crippen LogP contribution in [0.1, 0.15) is 63.7 Å². The number of rotatable bonds is 24. The maximum Gasteiger partial charge on any atom is 0.342 e. The minimum absolute atomic E-state index is 0.0417. The summed E-state index contributed by atoms with van der Waals surface area (Å²) in [5.74, 6) is -45.2. The van der Waals surface area contributed by atoms with Gasteiger partial charge in [0.15, 0.2) is 69.8 Å². The molecular weight excluding hydrogens is 1510 g/mol. The molecule has 3 aromatic heterocycles. The fourth-order valence-electron chi connectivity index (χ4n) is 12.0. The third-order valence-electron chi connectivity index (χ3n) is 17.4. The average Bonchev–Trinajstić information content (AvgIpc) is 1.56. The number of aromatic amines is 2. The summed E-state index contributed by atoms with van der Waals surface area (Å²) in [6.45, 7) is 3.21. The molecule has 0 radical (unpaired) electrons. The molecule has 24 nitrogen and oxygen atoms in total. The van der Waals surface area contributed by atoms with Crippen LogP contribution in [0.3, 0.4) is 0 Å². The molecule has 0 saturated heterocycles. The number of para-hydroxylation sites is 4. The van der Waals surface area contributed by atoms with Crippen molar-refractivity contribution in [2.24, 2.45) is 0 Å². The van der Waals surface area contributed by atoms with Crippen LogP contribution < -0.4 is 18.9 Å². The molecule has 2 aliphatic heterocycles. The number of halogens is 12. The minimum atomic E-state index is -2.25. The summed E-state index contributed by atoms with van der Waals surface area (Å²) in [4.78, 5) is 83.8. The van der Waals surface area contributed by atoms with Gasteiger partial charge in [0, 0.05) is 28.4 Å². The number of hydrogen-bond donors (Lipinski definition) is 2. The van der Waals surface area contributed by atoms with Crippen molar-refractivity contribution in [2.45, 2.75) is 27.7 Å². The highest BCUT2D eigenvalue weighted by Gasteiger charge is 2.40. The SMILES string of the molecule is COCCOC(=O)c1cccc(C)c1Oc1c(F)c(F)c2c(c1F)-c1nc-2nc2[nH]c(nc3nc(nc4[nH]c(n1)c1c(F)c(F)c(Oc5c(C)cccc5C(=O)OCCOC)c(F)c41)-c1c(F)c(F)c(Oc4c(C)cccc4C(=O)OCCOC)c(F)c1-3)c1c(F)c(F)c(Oc3c(C)cccc3C(=O)OCCOC)c(F)c21. The second kappa shape index (κ2) is 31.7. The Morgan fingerprint density at radius 1 is 0.277 bits per heavy atom. The van der Waals surface area contributed by atoms with Crippen LogP contribution in [0.5, 0.6) is 46.0 Å². The number of ether oxygens (including phenoxy) is 12. The standard InChI is InChI=1S/C76H54F12N8O16/c1-29-13-9-17-33(73(97)105-25-21-101-5)57(29)109-61-49(81)41-37(45(77)53(61)85)65-89-69(41)93-66-38-42(50(82)62(54(86)46(38)78)110-58-30(2)14-10-18-34(58)74(98)106-26-22-102-6)71(90-66)95-68-40-44(52(84)64(56(88)48(40)80)112-60-32(4)16-12-20-36(60)76(100)108-28-24-104-8)72(92-68)96-67-39-43(70(91-67)94-65)51(83)63(55(87)47(39)79)111-59-31(3)15-11-19-35(59)75(99)107-27-23-103-7/h9-20H,21-28H2,1-8H3,(H2,89,90,91,92,93,94,95,96). The number of benzene rings is 8. The molecule has 2 aliphatic rings. The Balaban J connectivity index is 1.16. The first kappa shape index (κ1) is 77.4. The fourth-order valence-corrected chi connectivity index (χ4v) is 12.0. The lowest BCUT2D eigenvalue weighted by atomic mass is 10.0. The van der Waals surface area contributed by atoms with E-state index in [1.54, 1.807) is 0 Å². The van der Waals surface area contributed by atoms with Crippen molar-refractivity contribution in [3.63, 3.8) is 0 Å². The lowest BCUT2D eigenvalue weighted by Gasteiger charge is -2.16. The molecule has 2 N–H and O–H groups in total. The number of methoxy groups -OCH3 is 4. The lowest BCUT2D eigenvalue weighted by molar-refractivity contribution is 0.0378. The molecule has 112 heavy (non-hydrogen) atoms. The van der Waals surface area contributed by atoms with Crippen LogP contribution in [0.25, 0.3) is 89.7 Å². The summed E-state index contributed by atoms with van der Waals surface area (Å²) in [6.07, 6.45) is 0. The van der Waals surface area contributed by atoms with Crippen LogP contribution in [0.4, 0.5) is 52.7 Å². The number of aromatic nitrogens is 8. The van der Waals surface area contributed by atoms with Gasteiger partial charge in [-0.1, -0.05) is 48.5 Å². The summed E-state index contributed by atoms with van der Waals surface area (Å²) < 4.78 is 277. The van der Waals surface area contributed by atoms with E-state index in [1.807, 2.05) is 0 Å². The largest absolute Gasteiger partial charge is 0.460 e.